The molecular weight excluding hydrogens is 314 g/mol. The summed E-state index contributed by atoms with van der Waals surface area (Å²) in [6.45, 7) is 5.65. The highest BCUT2D eigenvalue weighted by Crippen LogP contribution is 2.20. The summed E-state index contributed by atoms with van der Waals surface area (Å²) < 4.78 is 1.53. The Balaban J connectivity index is 1.93. The van der Waals surface area contributed by atoms with Crippen LogP contribution in [0.1, 0.15) is 34.4 Å². The van der Waals surface area contributed by atoms with Crippen LogP contribution in [0.15, 0.2) is 24.4 Å². The SMILES string of the molecule is CCc1nc2nc(C)c(C(=O)Nc3ccc(C)c(Cl)c3)cn2n1. The topological polar surface area (TPSA) is 72.2 Å². The number of carbonyl (C=O) groups excluding carboxylic acids is 1. The van der Waals surface area contributed by atoms with Gasteiger partial charge in [0.25, 0.3) is 11.7 Å². The number of nitrogens with one attached hydrogen (secondary N) is 1. The van der Waals surface area contributed by atoms with Crippen LogP contribution in [0.4, 0.5) is 5.69 Å². The first-order chi connectivity index (χ1) is 11.0. The predicted octanol–water partition coefficient (Wildman–Crippen LogP) is 3.21. The third-order valence-corrected chi connectivity index (χ3v) is 3.96. The van der Waals surface area contributed by atoms with Gasteiger partial charge in [-0.2, -0.15) is 4.98 Å². The molecule has 0 fully saturated rings. The van der Waals surface area contributed by atoms with Crippen LogP contribution in [-0.4, -0.2) is 25.5 Å². The zero-order valence-corrected chi connectivity index (χ0v) is 13.8. The van der Waals surface area contributed by atoms with Crippen LogP contribution in [0.2, 0.25) is 5.02 Å². The van der Waals surface area contributed by atoms with E-state index in [-0.39, 0.29) is 5.91 Å². The van der Waals surface area contributed by atoms with Crippen LogP contribution >= 0.6 is 11.6 Å². The average Bonchev–Trinajstić information content (AvgIpc) is 2.92. The Bertz CT molecular complexity index is 903. The molecule has 1 N–H and O–H groups in total. The minimum atomic E-state index is -0.259. The number of aryl methyl sites for hydroxylation is 3. The van der Waals surface area contributed by atoms with Gasteiger partial charge < -0.3 is 5.32 Å². The van der Waals surface area contributed by atoms with Crippen molar-refractivity contribution < 1.29 is 4.79 Å². The highest BCUT2D eigenvalue weighted by molar-refractivity contribution is 6.31. The molecule has 3 rings (SSSR count). The van der Waals surface area contributed by atoms with Gasteiger partial charge in [-0.25, -0.2) is 9.50 Å². The quantitative estimate of drug-likeness (QED) is 0.800. The first-order valence-corrected chi connectivity index (χ1v) is 7.66. The number of anilines is 1. The monoisotopic (exact) mass is 329 g/mol. The van der Waals surface area contributed by atoms with Gasteiger partial charge in [0.05, 0.1) is 11.3 Å². The number of hydrogen-bond acceptors (Lipinski definition) is 4. The van der Waals surface area contributed by atoms with Crippen molar-refractivity contribution in [1.82, 2.24) is 19.6 Å². The highest BCUT2D eigenvalue weighted by atomic mass is 35.5. The zero-order valence-electron chi connectivity index (χ0n) is 13.1. The van der Waals surface area contributed by atoms with Gasteiger partial charge in [-0.15, -0.1) is 5.10 Å². The van der Waals surface area contributed by atoms with Gasteiger partial charge in [0.15, 0.2) is 5.82 Å². The largest absolute Gasteiger partial charge is 0.322 e. The van der Waals surface area contributed by atoms with Crippen LogP contribution in [-0.2, 0) is 6.42 Å². The Morgan fingerprint density at radius 2 is 2.09 bits per heavy atom. The van der Waals surface area contributed by atoms with Crippen molar-refractivity contribution in [2.24, 2.45) is 0 Å². The molecular formula is C16H16ClN5O. The van der Waals surface area contributed by atoms with Gasteiger partial charge in [0.1, 0.15) is 0 Å². The van der Waals surface area contributed by atoms with E-state index in [1.54, 1.807) is 19.2 Å². The fraction of sp³-hybridized carbons (Fsp3) is 0.250. The summed E-state index contributed by atoms with van der Waals surface area (Å²) in [6.07, 6.45) is 2.36. The smallest absolute Gasteiger partial charge is 0.259 e. The normalized spacial score (nSPS) is 11.0. The fourth-order valence-corrected chi connectivity index (χ4v) is 2.37. The van der Waals surface area contributed by atoms with Crippen LogP contribution < -0.4 is 5.32 Å². The second-order valence-electron chi connectivity index (χ2n) is 5.28. The van der Waals surface area contributed by atoms with Crippen molar-refractivity contribution >= 4 is 29.0 Å². The fourth-order valence-electron chi connectivity index (χ4n) is 2.19. The molecule has 0 aliphatic carbocycles. The van der Waals surface area contributed by atoms with Crippen LogP contribution in [0, 0.1) is 13.8 Å². The minimum Gasteiger partial charge on any atom is -0.322 e. The first kappa shape index (κ1) is 15.4. The summed E-state index contributed by atoms with van der Waals surface area (Å²) in [7, 11) is 0. The Morgan fingerprint density at radius 3 is 2.78 bits per heavy atom. The second kappa shape index (κ2) is 5.96. The summed E-state index contributed by atoms with van der Waals surface area (Å²) in [5.41, 5.74) is 2.64. The van der Waals surface area contributed by atoms with Gasteiger partial charge in [-0.05, 0) is 31.5 Å². The molecule has 2 aromatic heterocycles. The first-order valence-electron chi connectivity index (χ1n) is 7.28. The molecule has 23 heavy (non-hydrogen) atoms. The van der Waals surface area contributed by atoms with E-state index in [4.69, 9.17) is 11.6 Å². The van der Waals surface area contributed by atoms with Crippen molar-refractivity contribution in [3.05, 3.63) is 52.1 Å². The number of aromatic nitrogens is 4. The van der Waals surface area contributed by atoms with Crippen LogP contribution in [0.3, 0.4) is 0 Å². The third-order valence-electron chi connectivity index (χ3n) is 3.56. The maximum atomic E-state index is 12.5. The lowest BCUT2D eigenvalue weighted by molar-refractivity contribution is 0.102. The lowest BCUT2D eigenvalue weighted by Crippen LogP contribution is -2.15. The van der Waals surface area contributed by atoms with Crippen molar-refractivity contribution in [3.63, 3.8) is 0 Å². The van der Waals surface area contributed by atoms with Crippen molar-refractivity contribution in [3.8, 4) is 0 Å². The molecule has 0 saturated heterocycles. The summed E-state index contributed by atoms with van der Waals surface area (Å²) in [6, 6.07) is 5.39. The third kappa shape index (κ3) is 3.03. The molecule has 1 amide bonds. The maximum absolute atomic E-state index is 12.5. The Labute approximate surface area is 138 Å². The van der Waals surface area contributed by atoms with E-state index in [1.165, 1.54) is 4.52 Å². The average molecular weight is 330 g/mol. The van der Waals surface area contributed by atoms with Crippen molar-refractivity contribution in [2.75, 3.05) is 5.32 Å². The van der Waals surface area contributed by atoms with Crippen LogP contribution in [0.5, 0.6) is 0 Å². The summed E-state index contributed by atoms with van der Waals surface area (Å²) in [5, 5.41) is 7.73. The van der Waals surface area contributed by atoms with Crippen LogP contribution in [0.25, 0.3) is 5.78 Å². The molecule has 1 aromatic carbocycles. The number of halogens is 1. The van der Waals surface area contributed by atoms with E-state index in [0.29, 0.717) is 40.0 Å². The lowest BCUT2D eigenvalue weighted by atomic mass is 10.2. The molecule has 7 heteroatoms. The van der Waals surface area contributed by atoms with E-state index in [1.807, 2.05) is 26.0 Å². The lowest BCUT2D eigenvalue weighted by Gasteiger charge is -2.08. The van der Waals surface area contributed by atoms with E-state index in [2.05, 4.69) is 20.4 Å². The number of nitrogens with zero attached hydrogens (tertiary/aromatic N) is 4. The van der Waals surface area contributed by atoms with E-state index < -0.39 is 0 Å². The molecule has 0 unspecified atom stereocenters. The molecule has 2 heterocycles. The van der Waals surface area contributed by atoms with Gasteiger partial charge >= 0.3 is 0 Å². The molecule has 0 spiro atoms. The molecule has 0 saturated carbocycles. The molecule has 0 aliphatic rings. The summed E-state index contributed by atoms with van der Waals surface area (Å²) in [4.78, 5) is 21.1. The molecule has 0 bridgehead atoms. The van der Waals surface area contributed by atoms with Crippen molar-refractivity contribution in [1.29, 1.82) is 0 Å². The summed E-state index contributed by atoms with van der Waals surface area (Å²) in [5.74, 6) is 0.930. The number of benzene rings is 1. The number of amides is 1. The van der Waals surface area contributed by atoms with Gasteiger partial charge in [-0.3, -0.25) is 4.79 Å². The van der Waals surface area contributed by atoms with Crippen molar-refractivity contribution in [2.45, 2.75) is 27.2 Å². The maximum Gasteiger partial charge on any atom is 0.259 e. The molecule has 0 atom stereocenters. The second-order valence-corrected chi connectivity index (χ2v) is 5.69. The van der Waals surface area contributed by atoms with Gasteiger partial charge in [-0.1, -0.05) is 24.6 Å². The zero-order chi connectivity index (χ0) is 16.6. The number of hydrogen-bond donors (Lipinski definition) is 1. The summed E-state index contributed by atoms with van der Waals surface area (Å²) >= 11 is 6.09. The number of fused-ring (bicyclic) bond motifs is 1. The molecule has 0 radical (unpaired) electrons. The molecule has 3 aromatic rings. The van der Waals surface area contributed by atoms with Gasteiger partial charge in [0.2, 0.25) is 0 Å². The molecule has 0 aliphatic heterocycles. The Morgan fingerprint density at radius 1 is 1.30 bits per heavy atom. The van der Waals surface area contributed by atoms with E-state index in [0.717, 1.165) is 5.56 Å². The standard InChI is InChI=1S/C16H16ClN5O/c1-4-14-20-16-18-10(3)12(8-22(16)21-14)15(23)19-11-6-5-9(2)13(17)7-11/h5-8H,4H2,1-3H3,(H,19,23). The number of carbonyl (C=O) groups is 1. The molecule has 118 valence electrons. The highest BCUT2D eigenvalue weighted by Gasteiger charge is 2.14. The Kier molecular flexibility index (Phi) is 4.00. The van der Waals surface area contributed by atoms with Gasteiger partial charge in [0, 0.05) is 23.3 Å². The number of rotatable bonds is 3. The molecule has 6 nitrogen and oxygen atoms in total. The predicted molar refractivity (Wildman–Crippen MR) is 89.0 cm³/mol. The van der Waals surface area contributed by atoms with E-state index in [9.17, 15) is 4.79 Å². The minimum absolute atomic E-state index is 0.259. The Hall–Kier alpha value is -2.47. The van der Waals surface area contributed by atoms with E-state index >= 15 is 0 Å².